The Morgan fingerprint density at radius 2 is 1.36 bits per heavy atom. The van der Waals surface area contributed by atoms with Crippen molar-refractivity contribution in [3.05, 3.63) is 54.1 Å². The Balaban J connectivity index is 1.43. The molecule has 0 spiro atoms. The second-order valence-corrected chi connectivity index (χ2v) is 11.5. The third kappa shape index (κ3) is 10.9. The number of aliphatic hydroxyl groups is 7. The summed E-state index contributed by atoms with van der Waals surface area (Å²) >= 11 is 0. The lowest BCUT2D eigenvalue weighted by molar-refractivity contribution is -0.352. The summed E-state index contributed by atoms with van der Waals surface area (Å²) < 4.78 is 22.5. The van der Waals surface area contributed by atoms with Crippen molar-refractivity contribution in [2.45, 2.75) is 133 Å². The number of aryl methyl sites for hydroxylation is 1. The van der Waals surface area contributed by atoms with Gasteiger partial charge >= 0.3 is 0 Å². The highest BCUT2D eigenvalue weighted by atomic mass is 16.7. The van der Waals surface area contributed by atoms with Gasteiger partial charge in [0.2, 0.25) is 6.29 Å². The van der Waals surface area contributed by atoms with E-state index in [1.54, 1.807) is 6.07 Å². The van der Waals surface area contributed by atoms with Crippen LogP contribution < -0.4 is 4.74 Å². The fraction of sp³-hybridized carbons (Fsp3) is 0.697. The van der Waals surface area contributed by atoms with Crippen LogP contribution >= 0.6 is 0 Å². The van der Waals surface area contributed by atoms with Crippen molar-refractivity contribution < 1.29 is 54.7 Å². The minimum atomic E-state index is -1.72. The van der Waals surface area contributed by atoms with Gasteiger partial charge in [-0.2, -0.15) is 0 Å². The van der Waals surface area contributed by atoms with Gasteiger partial charge in [0.15, 0.2) is 6.29 Å². The van der Waals surface area contributed by atoms with Crippen LogP contribution in [0.15, 0.2) is 48.6 Å². The molecule has 0 unspecified atom stereocenters. The molecule has 1 aromatic rings. The summed E-state index contributed by atoms with van der Waals surface area (Å²) in [6.07, 6.45) is 5.09. The SMILES string of the molecule is CCC/C=C\C/C=C\CCCCCCCc1cccc(O[C@@H]2O[C@H](CO)[C@@H](O[C@@H]3O[C@H](CO)[C@H](O)[C@H](O)[C@H]3O)[C@H](O)[C@H]2O)c1. The molecule has 250 valence electrons. The Bertz CT molecular complexity index is 984. The van der Waals surface area contributed by atoms with Gasteiger partial charge in [-0.05, 0) is 56.2 Å². The highest BCUT2D eigenvalue weighted by Gasteiger charge is 2.51. The quantitative estimate of drug-likeness (QED) is 0.0937. The van der Waals surface area contributed by atoms with Crippen LogP contribution in [0.25, 0.3) is 0 Å². The molecule has 2 aliphatic rings. The van der Waals surface area contributed by atoms with Crippen molar-refractivity contribution in [2.24, 2.45) is 0 Å². The molecule has 11 nitrogen and oxygen atoms in total. The maximum absolute atomic E-state index is 10.8. The molecule has 0 aromatic heterocycles. The Morgan fingerprint density at radius 3 is 2.09 bits per heavy atom. The first-order valence-corrected chi connectivity index (χ1v) is 15.9. The lowest BCUT2D eigenvalue weighted by Crippen LogP contribution is -2.65. The third-order valence-electron chi connectivity index (χ3n) is 8.01. The van der Waals surface area contributed by atoms with Crippen LogP contribution in [0, 0.1) is 0 Å². The van der Waals surface area contributed by atoms with E-state index < -0.39 is 74.6 Å². The molecule has 2 fully saturated rings. The number of ether oxygens (including phenoxy) is 4. The zero-order chi connectivity index (χ0) is 31.9. The fourth-order valence-corrected chi connectivity index (χ4v) is 5.36. The first-order valence-electron chi connectivity index (χ1n) is 15.9. The minimum absolute atomic E-state index is 0.431. The number of rotatable bonds is 18. The monoisotopic (exact) mass is 624 g/mol. The molecule has 1 aromatic carbocycles. The molecule has 10 atom stereocenters. The molecule has 0 saturated carbocycles. The van der Waals surface area contributed by atoms with Gasteiger partial charge in [-0.15, -0.1) is 0 Å². The summed E-state index contributed by atoms with van der Waals surface area (Å²) in [5.74, 6) is 0.431. The summed E-state index contributed by atoms with van der Waals surface area (Å²) in [5.41, 5.74) is 1.06. The van der Waals surface area contributed by atoms with Gasteiger partial charge in [-0.3, -0.25) is 0 Å². The van der Waals surface area contributed by atoms with Gasteiger partial charge in [-0.25, -0.2) is 0 Å². The maximum Gasteiger partial charge on any atom is 0.229 e. The molecule has 2 heterocycles. The van der Waals surface area contributed by atoms with Crippen LogP contribution in [0.3, 0.4) is 0 Å². The zero-order valence-electron chi connectivity index (χ0n) is 25.6. The number of hydrogen-bond donors (Lipinski definition) is 7. The van der Waals surface area contributed by atoms with Crippen molar-refractivity contribution in [2.75, 3.05) is 13.2 Å². The van der Waals surface area contributed by atoms with Crippen molar-refractivity contribution >= 4 is 0 Å². The van der Waals surface area contributed by atoms with Crippen LogP contribution in [0.2, 0.25) is 0 Å². The van der Waals surface area contributed by atoms with Crippen LogP contribution in [-0.2, 0) is 20.6 Å². The summed E-state index contributed by atoms with van der Waals surface area (Å²) in [6, 6.07) is 7.41. The van der Waals surface area contributed by atoms with Crippen LogP contribution in [0.1, 0.15) is 70.3 Å². The molecule has 0 bridgehead atoms. The van der Waals surface area contributed by atoms with Crippen molar-refractivity contribution in [3.8, 4) is 5.75 Å². The number of hydrogen-bond acceptors (Lipinski definition) is 11. The second kappa shape index (κ2) is 19.6. The standard InChI is InChI=1S/C33H52O11/c1-2-3-4-5-6-7-8-9-10-11-12-13-14-16-22-17-15-18-23(19-22)41-32-30(40)28(38)31(25(21-35)43-32)44-33-29(39)27(37)26(36)24(20-34)42-33/h4-5,7-8,15,17-19,24-40H,2-3,6,9-14,16,20-21H2,1H3/b5-4-,8-7-/t24-,25-,26+,27+,28-,29-,30-,31-,32-,33+/m1/s1. The summed E-state index contributed by atoms with van der Waals surface area (Å²) in [7, 11) is 0. The lowest BCUT2D eigenvalue weighted by Gasteiger charge is -2.45. The number of benzene rings is 1. The van der Waals surface area contributed by atoms with Gasteiger partial charge in [0.25, 0.3) is 0 Å². The van der Waals surface area contributed by atoms with Crippen LogP contribution in [0.5, 0.6) is 5.75 Å². The molecule has 11 heteroatoms. The van der Waals surface area contributed by atoms with Gasteiger partial charge in [0, 0.05) is 0 Å². The molecule has 0 radical (unpaired) electrons. The lowest BCUT2D eigenvalue weighted by atomic mass is 9.97. The van der Waals surface area contributed by atoms with E-state index in [0.717, 1.165) is 44.1 Å². The fourth-order valence-electron chi connectivity index (χ4n) is 5.36. The average Bonchev–Trinajstić information content (AvgIpc) is 3.03. The number of allylic oxidation sites excluding steroid dienone is 4. The topological polar surface area (TPSA) is 179 Å². The molecular formula is C33H52O11. The Kier molecular flexibility index (Phi) is 16.3. The van der Waals surface area contributed by atoms with E-state index in [4.69, 9.17) is 18.9 Å². The molecule has 2 aliphatic heterocycles. The third-order valence-corrected chi connectivity index (χ3v) is 8.01. The Labute approximate surface area is 260 Å². The predicted molar refractivity (Wildman–Crippen MR) is 163 cm³/mol. The van der Waals surface area contributed by atoms with E-state index in [1.165, 1.54) is 25.7 Å². The van der Waals surface area contributed by atoms with Crippen molar-refractivity contribution in [3.63, 3.8) is 0 Å². The van der Waals surface area contributed by atoms with Crippen LogP contribution in [-0.4, -0.2) is 110 Å². The molecular weight excluding hydrogens is 572 g/mol. The second-order valence-electron chi connectivity index (χ2n) is 11.5. The normalized spacial score (nSPS) is 32.9. The van der Waals surface area contributed by atoms with E-state index in [0.29, 0.717) is 5.75 Å². The average molecular weight is 625 g/mol. The smallest absolute Gasteiger partial charge is 0.229 e. The Hall–Kier alpha value is -1.90. The largest absolute Gasteiger partial charge is 0.462 e. The van der Waals surface area contributed by atoms with E-state index in [2.05, 4.69) is 31.2 Å². The zero-order valence-corrected chi connectivity index (χ0v) is 25.6. The number of unbranched alkanes of at least 4 members (excludes halogenated alkanes) is 6. The highest BCUT2D eigenvalue weighted by Crippen LogP contribution is 2.30. The van der Waals surface area contributed by atoms with Crippen molar-refractivity contribution in [1.29, 1.82) is 0 Å². The van der Waals surface area contributed by atoms with Crippen molar-refractivity contribution in [1.82, 2.24) is 0 Å². The van der Waals surface area contributed by atoms with Gasteiger partial charge < -0.3 is 54.7 Å². The minimum Gasteiger partial charge on any atom is -0.462 e. The van der Waals surface area contributed by atoms with Crippen LogP contribution in [0.4, 0.5) is 0 Å². The predicted octanol–water partition coefficient (Wildman–Crippen LogP) is 1.88. The maximum atomic E-state index is 10.8. The molecule has 0 amide bonds. The first kappa shape index (κ1) is 36.6. The van der Waals surface area contributed by atoms with E-state index in [9.17, 15) is 35.7 Å². The summed E-state index contributed by atoms with van der Waals surface area (Å²) in [6.45, 7) is 0.893. The van der Waals surface area contributed by atoms with E-state index in [1.807, 2.05) is 18.2 Å². The van der Waals surface area contributed by atoms with Gasteiger partial charge in [0.05, 0.1) is 13.2 Å². The highest BCUT2D eigenvalue weighted by molar-refractivity contribution is 5.29. The summed E-state index contributed by atoms with van der Waals surface area (Å²) in [5, 5.41) is 71.3. The molecule has 0 aliphatic carbocycles. The van der Waals surface area contributed by atoms with Gasteiger partial charge in [0.1, 0.15) is 54.6 Å². The van der Waals surface area contributed by atoms with E-state index >= 15 is 0 Å². The Morgan fingerprint density at radius 1 is 0.705 bits per heavy atom. The van der Waals surface area contributed by atoms with Gasteiger partial charge in [-0.1, -0.05) is 69.0 Å². The van der Waals surface area contributed by atoms with E-state index in [-0.39, 0.29) is 0 Å². The molecule has 7 N–H and O–H groups in total. The molecule has 44 heavy (non-hydrogen) atoms. The first-order chi connectivity index (χ1) is 21.3. The number of aliphatic hydroxyl groups excluding tert-OH is 7. The molecule has 2 saturated heterocycles. The summed E-state index contributed by atoms with van der Waals surface area (Å²) in [4.78, 5) is 0. The molecule has 3 rings (SSSR count).